The molecule has 0 aromatic heterocycles. The first-order valence-electron chi connectivity index (χ1n) is 5.88. The predicted octanol–water partition coefficient (Wildman–Crippen LogP) is 1.45. The van der Waals surface area contributed by atoms with E-state index in [1.165, 1.54) is 0 Å². The monoisotopic (exact) mass is 211 g/mol. The third kappa shape index (κ3) is 2.03. The molecule has 1 unspecified atom stereocenters. The normalized spacial score (nSPS) is 33.8. The lowest BCUT2D eigenvalue weighted by molar-refractivity contribution is -0.135. The number of aliphatic hydroxyl groups excluding tert-OH is 1. The van der Waals surface area contributed by atoms with Gasteiger partial charge in [-0.05, 0) is 31.1 Å². The fourth-order valence-corrected chi connectivity index (χ4v) is 2.86. The molecule has 2 rings (SSSR count). The number of nitrogens with one attached hydrogen (secondary N) is 1. The zero-order chi connectivity index (χ0) is 11.1. The molecule has 1 spiro atoms. The maximum atomic E-state index is 11.4. The molecular weight excluding hydrogens is 190 g/mol. The third-order valence-corrected chi connectivity index (χ3v) is 4.31. The summed E-state index contributed by atoms with van der Waals surface area (Å²) in [6, 6.07) is 0. The fourth-order valence-electron chi connectivity index (χ4n) is 2.86. The van der Waals surface area contributed by atoms with Crippen LogP contribution in [0.4, 0.5) is 0 Å². The summed E-state index contributed by atoms with van der Waals surface area (Å²) in [5, 5.41) is 12.8. The van der Waals surface area contributed by atoms with Crippen molar-refractivity contribution < 1.29 is 9.90 Å². The highest BCUT2D eigenvalue weighted by molar-refractivity contribution is 5.77. The lowest BCUT2D eigenvalue weighted by atomic mass is 9.60. The van der Waals surface area contributed by atoms with Crippen LogP contribution in [0.2, 0.25) is 0 Å². The molecule has 3 heteroatoms. The van der Waals surface area contributed by atoms with Crippen LogP contribution < -0.4 is 5.32 Å². The number of amides is 1. The van der Waals surface area contributed by atoms with Crippen LogP contribution in [0.3, 0.4) is 0 Å². The minimum Gasteiger partial charge on any atom is -0.391 e. The maximum absolute atomic E-state index is 11.4. The molecule has 0 bridgehead atoms. The average Bonchev–Trinajstić information content (AvgIpc) is 2.17. The second-order valence-electron chi connectivity index (χ2n) is 6.02. The van der Waals surface area contributed by atoms with Crippen molar-refractivity contribution >= 4 is 5.91 Å². The van der Waals surface area contributed by atoms with E-state index in [2.05, 4.69) is 19.2 Å². The molecule has 0 radical (unpaired) electrons. The summed E-state index contributed by atoms with van der Waals surface area (Å²) in [5.74, 6) is 0.111. The Hall–Kier alpha value is -0.570. The van der Waals surface area contributed by atoms with Gasteiger partial charge in [-0.15, -0.1) is 0 Å². The summed E-state index contributed by atoms with van der Waals surface area (Å²) in [4.78, 5) is 11.4. The Morgan fingerprint density at radius 3 is 2.47 bits per heavy atom. The fraction of sp³-hybridized carbons (Fsp3) is 0.917. The Kier molecular flexibility index (Phi) is 2.53. The number of hydrogen-bond donors (Lipinski definition) is 2. The third-order valence-electron chi connectivity index (χ3n) is 4.31. The SMILES string of the molecule is CC1(C)CCC2(CC1)CC(=O)NCC2O. The molecule has 3 nitrogen and oxygen atoms in total. The van der Waals surface area contributed by atoms with Gasteiger partial charge >= 0.3 is 0 Å². The van der Waals surface area contributed by atoms with Crippen molar-refractivity contribution in [2.24, 2.45) is 10.8 Å². The van der Waals surface area contributed by atoms with Gasteiger partial charge in [-0.25, -0.2) is 0 Å². The highest BCUT2D eigenvalue weighted by Gasteiger charge is 2.46. The van der Waals surface area contributed by atoms with Gasteiger partial charge in [-0.3, -0.25) is 4.79 Å². The van der Waals surface area contributed by atoms with E-state index in [4.69, 9.17) is 0 Å². The summed E-state index contributed by atoms with van der Waals surface area (Å²) in [5.41, 5.74) is 0.275. The number of aliphatic hydroxyl groups is 1. The van der Waals surface area contributed by atoms with Crippen LogP contribution in [0.5, 0.6) is 0 Å². The summed E-state index contributed by atoms with van der Waals surface area (Å²) >= 11 is 0. The Labute approximate surface area is 91.2 Å². The molecule has 15 heavy (non-hydrogen) atoms. The van der Waals surface area contributed by atoms with Crippen molar-refractivity contribution in [1.29, 1.82) is 0 Å². The van der Waals surface area contributed by atoms with Crippen molar-refractivity contribution in [1.82, 2.24) is 5.32 Å². The summed E-state index contributed by atoms with van der Waals surface area (Å²) in [6.45, 7) is 4.99. The minimum atomic E-state index is -0.341. The van der Waals surface area contributed by atoms with Gasteiger partial charge in [0.15, 0.2) is 0 Å². The first-order valence-corrected chi connectivity index (χ1v) is 5.88. The van der Waals surface area contributed by atoms with E-state index in [0.29, 0.717) is 18.4 Å². The Morgan fingerprint density at radius 1 is 1.27 bits per heavy atom. The van der Waals surface area contributed by atoms with Crippen LogP contribution >= 0.6 is 0 Å². The number of β-amino-alcohol motifs (C(OH)–C–C–N with tert-alkyl or cyclic N) is 1. The van der Waals surface area contributed by atoms with Gasteiger partial charge in [-0.1, -0.05) is 13.8 Å². The van der Waals surface area contributed by atoms with Gasteiger partial charge in [0.05, 0.1) is 6.10 Å². The maximum Gasteiger partial charge on any atom is 0.220 e. The Morgan fingerprint density at radius 2 is 1.87 bits per heavy atom. The van der Waals surface area contributed by atoms with Crippen LogP contribution in [0.25, 0.3) is 0 Å². The summed E-state index contributed by atoms with van der Waals surface area (Å²) < 4.78 is 0. The largest absolute Gasteiger partial charge is 0.391 e. The molecule has 1 atom stereocenters. The van der Waals surface area contributed by atoms with Crippen LogP contribution in [0.15, 0.2) is 0 Å². The zero-order valence-corrected chi connectivity index (χ0v) is 9.68. The lowest BCUT2D eigenvalue weighted by Gasteiger charge is -2.48. The molecular formula is C12H21NO2. The molecule has 0 aromatic rings. The molecule has 1 aliphatic heterocycles. The molecule has 2 N–H and O–H groups in total. The first kappa shape index (κ1) is 10.9. The second kappa shape index (κ2) is 3.48. The molecule has 2 fully saturated rings. The van der Waals surface area contributed by atoms with Crippen LogP contribution in [-0.4, -0.2) is 23.7 Å². The predicted molar refractivity (Wildman–Crippen MR) is 58.3 cm³/mol. The standard InChI is InChI=1S/C12H21NO2/c1-11(2)3-5-12(6-4-11)7-10(15)13-8-9(12)14/h9,14H,3-8H2,1-2H3,(H,13,15). The Balaban J connectivity index is 2.09. The molecule has 1 amide bonds. The number of rotatable bonds is 0. The van der Waals surface area contributed by atoms with E-state index in [0.717, 1.165) is 25.7 Å². The molecule has 2 aliphatic rings. The van der Waals surface area contributed by atoms with Crippen molar-refractivity contribution in [2.75, 3.05) is 6.54 Å². The first-order chi connectivity index (χ1) is 6.94. The minimum absolute atomic E-state index is 0.111. The van der Waals surface area contributed by atoms with Gasteiger partial charge in [0, 0.05) is 18.4 Å². The molecule has 86 valence electrons. The van der Waals surface area contributed by atoms with Crippen molar-refractivity contribution in [2.45, 2.75) is 52.1 Å². The molecule has 1 saturated carbocycles. The highest BCUT2D eigenvalue weighted by Crippen LogP contribution is 2.49. The van der Waals surface area contributed by atoms with Crippen LogP contribution in [-0.2, 0) is 4.79 Å². The lowest BCUT2D eigenvalue weighted by Crippen LogP contribution is -2.53. The van der Waals surface area contributed by atoms with Gasteiger partial charge in [0.2, 0.25) is 5.91 Å². The summed E-state index contributed by atoms with van der Waals surface area (Å²) in [7, 11) is 0. The smallest absolute Gasteiger partial charge is 0.220 e. The topological polar surface area (TPSA) is 49.3 Å². The van der Waals surface area contributed by atoms with Crippen molar-refractivity contribution in [3.05, 3.63) is 0 Å². The van der Waals surface area contributed by atoms with E-state index in [9.17, 15) is 9.90 Å². The van der Waals surface area contributed by atoms with E-state index < -0.39 is 0 Å². The van der Waals surface area contributed by atoms with Gasteiger partial charge in [0.25, 0.3) is 0 Å². The average molecular weight is 211 g/mol. The van der Waals surface area contributed by atoms with Crippen LogP contribution in [0, 0.1) is 10.8 Å². The Bertz CT molecular complexity index is 263. The van der Waals surface area contributed by atoms with E-state index in [1.54, 1.807) is 0 Å². The second-order valence-corrected chi connectivity index (χ2v) is 6.02. The number of piperidine rings is 1. The molecule has 1 heterocycles. The number of carbonyl (C=O) groups is 1. The van der Waals surface area contributed by atoms with Crippen LogP contribution in [0.1, 0.15) is 46.0 Å². The van der Waals surface area contributed by atoms with Crippen molar-refractivity contribution in [3.63, 3.8) is 0 Å². The number of hydrogen-bond acceptors (Lipinski definition) is 2. The summed E-state index contributed by atoms with van der Waals surface area (Å²) in [6.07, 6.45) is 4.41. The van der Waals surface area contributed by atoms with E-state index >= 15 is 0 Å². The van der Waals surface area contributed by atoms with E-state index in [-0.39, 0.29) is 17.4 Å². The highest BCUT2D eigenvalue weighted by atomic mass is 16.3. The molecule has 1 aliphatic carbocycles. The molecule has 0 aromatic carbocycles. The van der Waals surface area contributed by atoms with Gasteiger partial charge < -0.3 is 10.4 Å². The molecule has 1 saturated heterocycles. The number of carbonyl (C=O) groups excluding carboxylic acids is 1. The van der Waals surface area contributed by atoms with E-state index in [1.807, 2.05) is 0 Å². The zero-order valence-electron chi connectivity index (χ0n) is 9.68. The quantitative estimate of drug-likeness (QED) is 0.637. The van der Waals surface area contributed by atoms with Gasteiger partial charge in [0.1, 0.15) is 0 Å². The van der Waals surface area contributed by atoms with Crippen molar-refractivity contribution in [3.8, 4) is 0 Å². The van der Waals surface area contributed by atoms with Gasteiger partial charge in [-0.2, -0.15) is 0 Å².